The average molecular weight is 704 g/mol. The van der Waals surface area contributed by atoms with Gasteiger partial charge in [0.25, 0.3) is 0 Å². The van der Waals surface area contributed by atoms with Gasteiger partial charge in [-0.3, -0.25) is 15.1 Å². The van der Waals surface area contributed by atoms with Crippen LogP contribution in [0.3, 0.4) is 0 Å². The number of hydroxylamine groups is 1. The van der Waals surface area contributed by atoms with E-state index in [4.69, 9.17) is 23.8 Å². The number of hydrogen-bond acceptors (Lipinski definition) is 12. The summed E-state index contributed by atoms with van der Waals surface area (Å²) in [7, 11) is 0. The largest absolute Gasteiger partial charge is 0.454 e. The van der Waals surface area contributed by atoms with E-state index in [0.717, 1.165) is 38.4 Å². The van der Waals surface area contributed by atoms with Crippen LogP contribution in [0.5, 0.6) is 5.75 Å². The number of rotatable bonds is 10. The third kappa shape index (κ3) is 7.89. The fourth-order valence-electron chi connectivity index (χ4n) is 6.66. The first-order chi connectivity index (χ1) is 24.0. The van der Waals surface area contributed by atoms with Crippen LogP contribution in [0.15, 0.2) is 53.4 Å². The van der Waals surface area contributed by atoms with Gasteiger partial charge in [0, 0.05) is 18.7 Å². The van der Waals surface area contributed by atoms with Crippen LogP contribution in [0.25, 0.3) is 6.08 Å². The topological polar surface area (TPSA) is 171 Å². The maximum absolute atomic E-state index is 15.1. The molecule has 1 aliphatic carbocycles. The van der Waals surface area contributed by atoms with Gasteiger partial charge in [-0.2, -0.15) is 0 Å². The molecule has 1 saturated carbocycles. The SMILES string of the molecule is CC(=Cc1ccc(O[C@H]2C[C@@H](O)C(=C(C)NOCc3ccc(N4CCCCC4)c(F)c3)O2)c(F)c1)C(=O)N[C@@H]1[C@H](O)[C@@H](O)[C@H]2OCO[C@H]2[C@@H]1O. The maximum atomic E-state index is 15.1. The van der Waals surface area contributed by atoms with Gasteiger partial charge < -0.3 is 49.6 Å². The zero-order valence-corrected chi connectivity index (χ0v) is 27.8. The van der Waals surface area contributed by atoms with Gasteiger partial charge in [0.05, 0.1) is 30.5 Å². The van der Waals surface area contributed by atoms with Crippen LogP contribution in [0.2, 0.25) is 0 Å². The lowest BCUT2D eigenvalue weighted by Crippen LogP contribution is -2.67. The van der Waals surface area contributed by atoms with Gasteiger partial charge >= 0.3 is 0 Å². The van der Waals surface area contributed by atoms with E-state index in [-0.39, 0.29) is 42.7 Å². The minimum absolute atomic E-state index is 0.0181. The summed E-state index contributed by atoms with van der Waals surface area (Å²) in [5.41, 5.74) is 4.76. The van der Waals surface area contributed by atoms with Crippen LogP contribution in [-0.2, 0) is 30.4 Å². The summed E-state index contributed by atoms with van der Waals surface area (Å²) in [5, 5.41) is 44.5. The fraction of sp³-hybridized carbons (Fsp3) is 0.514. The summed E-state index contributed by atoms with van der Waals surface area (Å²) in [6, 6.07) is 7.81. The second kappa shape index (κ2) is 15.6. The number of anilines is 1. The number of fused-ring (bicyclic) bond motifs is 1. The van der Waals surface area contributed by atoms with Crippen molar-refractivity contribution in [3.05, 3.63) is 76.2 Å². The van der Waals surface area contributed by atoms with Gasteiger partial charge in [0.2, 0.25) is 12.2 Å². The van der Waals surface area contributed by atoms with Gasteiger partial charge in [-0.05, 0) is 74.6 Å². The van der Waals surface area contributed by atoms with E-state index in [9.17, 15) is 29.6 Å². The van der Waals surface area contributed by atoms with Crippen molar-refractivity contribution in [1.29, 1.82) is 0 Å². The Labute approximate surface area is 288 Å². The number of carbonyl (C=O) groups excluding carboxylic acids is 1. The first-order valence-electron chi connectivity index (χ1n) is 16.7. The van der Waals surface area contributed by atoms with Gasteiger partial charge in [-0.15, -0.1) is 0 Å². The molecule has 3 heterocycles. The van der Waals surface area contributed by atoms with Gasteiger partial charge in [-0.1, -0.05) is 12.1 Å². The van der Waals surface area contributed by atoms with E-state index in [0.29, 0.717) is 22.5 Å². The second-order valence-corrected chi connectivity index (χ2v) is 13.0. The van der Waals surface area contributed by atoms with E-state index in [1.165, 1.54) is 31.2 Å². The molecule has 2 aromatic rings. The number of benzene rings is 2. The molecule has 0 unspecified atom stereocenters. The van der Waals surface area contributed by atoms with Crippen molar-refractivity contribution in [2.24, 2.45) is 0 Å². The third-order valence-corrected chi connectivity index (χ3v) is 9.38. The molecule has 1 amide bonds. The zero-order valence-electron chi connectivity index (χ0n) is 27.8. The van der Waals surface area contributed by atoms with Crippen LogP contribution in [-0.4, -0.2) is 95.2 Å². The summed E-state index contributed by atoms with van der Waals surface area (Å²) in [5.74, 6) is -1.69. The first kappa shape index (κ1) is 36.0. The highest BCUT2D eigenvalue weighted by Gasteiger charge is 2.53. The van der Waals surface area contributed by atoms with Crippen molar-refractivity contribution in [1.82, 2.24) is 10.8 Å². The zero-order chi connectivity index (χ0) is 35.5. The van der Waals surface area contributed by atoms with E-state index in [1.54, 1.807) is 13.0 Å². The normalized spacial score (nSPS) is 30.8. The fourth-order valence-corrected chi connectivity index (χ4v) is 6.66. The predicted octanol–water partition coefficient (Wildman–Crippen LogP) is 2.12. The van der Waals surface area contributed by atoms with Crippen LogP contribution in [0, 0.1) is 11.6 Å². The van der Waals surface area contributed by atoms with E-state index >= 15 is 4.39 Å². The number of aliphatic hydroxyl groups excluding tert-OH is 4. The van der Waals surface area contributed by atoms with Crippen LogP contribution >= 0.6 is 0 Å². The van der Waals surface area contributed by atoms with Gasteiger partial charge in [0.1, 0.15) is 49.2 Å². The lowest BCUT2D eigenvalue weighted by atomic mass is 9.83. The molecule has 4 fully saturated rings. The van der Waals surface area contributed by atoms with Gasteiger partial charge in [-0.25, -0.2) is 8.78 Å². The Kier molecular flexibility index (Phi) is 11.2. The lowest BCUT2D eigenvalue weighted by Gasteiger charge is -2.41. The molecule has 3 saturated heterocycles. The summed E-state index contributed by atoms with van der Waals surface area (Å²) in [4.78, 5) is 20.5. The monoisotopic (exact) mass is 703 g/mol. The molecule has 272 valence electrons. The highest BCUT2D eigenvalue weighted by molar-refractivity contribution is 5.97. The molecule has 0 aromatic heterocycles. The van der Waals surface area contributed by atoms with Crippen molar-refractivity contribution < 1.29 is 57.8 Å². The van der Waals surface area contributed by atoms with Crippen molar-refractivity contribution in [3.8, 4) is 5.75 Å². The number of halogens is 2. The molecule has 4 aliphatic rings. The quantitative estimate of drug-likeness (QED) is 0.158. The Morgan fingerprint density at radius 2 is 1.70 bits per heavy atom. The molecular weight excluding hydrogens is 660 g/mol. The molecule has 0 radical (unpaired) electrons. The Morgan fingerprint density at radius 1 is 0.960 bits per heavy atom. The highest BCUT2D eigenvalue weighted by atomic mass is 19.1. The van der Waals surface area contributed by atoms with E-state index < -0.39 is 60.7 Å². The number of ether oxygens (including phenoxy) is 4. The number of carbonyl (C=O) groups is 1. The minimum Gasteiger partial charge on any atom is -0.454 e. The first-order valence-corrected chi connectivity index (χ1v) is 16.7. The van der Waals surface area contributed by atoms with Crippen molar-refractivity contribution >= 4 is 17.7 Å². The lowest BCUT2D eigenvalue weighted by molar-refractivity contribution is -0.155. The molecule has 50 heavy (non-hydrogen) atoms. The van der Waals surface area contributed by atoms with Crippen molar-refractivity contribution in [3.63, 3.8) is 0 Å². The van der Waals surface area contributed by atoms with Crippen LogP contribution < -0.4 is 20.4 Å². The molecule has 6 rings (SSSR count). The number of hydrogen-bond donors (Lipinski definition) is 6. The standard InChI is InChI=1S/C35H43F2N3O10/c1-18(35(45)38-28-29(42)31(44)34-33(30(28)43)46-17-47-34)12-20-7-9-26(23(37)13-20)49-27-15-25(41)32(50-27)19(2)39-48-16-21-6-8-24(22(36)14-21)40-10-4-3-5-11-40/h6-9,12-14,25,27-31,33-34,39,41-44H,3-5,10-11,15-17H2,1-2H3,(H,38,45)/t25-,27-,28-,29+,30-,31-,33+,34-/m1/s1. The Bertz CT molecular complexity index is 1600. The molecule has 15 heteroatoms. The molecule has 0 spiro atoms. The predicted molar refractivity (Wildman–Crippen MR) is 174 cm³/mol. The highest BCUT2D eigenvalue weighted by Crippen LogP contribution is 2.32. The van der Waals surface area contributed by atoms with E-state index in [1.807, 2.05) is 6.07 Å². The molecule has 3 aliphatic heterocycles. The van der Waals surface area contributed by atoms with Crippen LogP contribution in [0.1, 0.15) is 50.7 Å². The van der Waals surface area contributed by atoms with Gasteiger partial charge in [0.15, 0.2) is 17.3 Å². The Morgan fingerprint density at radius 3 is 2.42 bits per heavy atom. The second-order valence-electron chi connectivity index (χ2n) is 13.0. The molecular formula is C35H43F2N3O10. The summed E-state index contributed by atoms with van der Waals surface area (Å²) in [6.07, 6.45) is -3.43. The number of aliphatic hydroxyl groups is 4. The Hall–Kier alpha value is -3.83. The Balaban J connectivity index is 1.00. The molecule has 13 nitrogen and oxygen atoms in total. The summed E-state index contributed by atoms with van der Waals surface area (Å²) >= 11 is 0. The maximum Gasteiger partial charge on any atom is 0.247 e. The smallest absolute Gasteiger partial charge is 0.247 e. The van der Waals surface area contributed by atoms with E-state index in [2.05, 4.69) is 15.7 Å². The number of nitrogens with one attached hydrogen (secondary N) is 2. The minimum atomic E-state index is -1.50. The summed E-state index contributed by atoms with van der Waals surface area (Å²) in [6.45, 7) is 4.69. The molecule has 6 N–H and O–H groups in total. The number of nitrogens with zero attached hydrogens (tertiary/aromatic N) is 1. The van der Waals surface area contributed by atoms with Crippen molar-refractivity contribution in [2.75, 3.05) is 24.8 Å². The van der Waals surface area contributed by atoms with Crippen molar-refractivity contribution in [2.45, 2.75) is 95.1 Å². The van der Waals surface area contributed by atoms with Crippen LogP contribution in [0.4, 0.5) is 14.5 Å². The summed E-state index contributed by atoms with van der Waals surface area (Å²) < 4.78 is 51.8. The number of amides is 1. The number of allylic oxidation sites excluding steroid dienone is 1. The molecule has 0 bridgehead atoms. The third-order valence-electron chi connectivity index (χ3n) is 9.38. The average Bonchev–Trinajstić information content (AvgIpc) is 3.74. The molecule has 8 atom stereocenters. The molecule has 2 aromatic carbocycles. The number of piperidine rings is 1.